The molecule has 2 unspecified atom stereocenters. The van der Waals surface area contributed by atoms with Crippen LogP contribution in [0.25, 0.3) is 0 Å². The maximum absolute atomic E-state index is 13.9. The summed E-state index contributed by atoms with van der Waals surface area (Å²) < 4.78 is 30.1. The molecule has 0 radical (unpaired) electrons. The van der Waals surface area contributed by atoms with Crippen molar-refractivity contribution < 1.29 is 28.5 Å². The van der Waals surface area contributed by atoms with Gasteiger partial charge in [-0.05, 0) is 56.3 Å². The molecule has 0 aliphatic carbocycles. The van der Waals surface area contributed by atoms with Gasteiger partial charge in [-0.25, -0.2) is 9.18 Å². The van der Waals surface area contributed by atoms with Crippen molar-refractivity contribution in [1.82, 2.24) is 0 Å². The first kappa shape index (κ1) is 20.2. The molecule has 0 aliphatic rings. The number of ether oxygens (including phenoxy) is 3. The topological polar surface area (TPSA) is 88.8 Å². The van der Waals surface area contributed by atoms with Gasteiger partial charge in [-0.2, -0.15) is 5.26 Å². The Kier molecular flexibility index (Phi) is 6.37. The van der Waals surface area contributed by atoms with Gasteiger partial charge < -0.3 is 19.3 Å². The quantitative estimate of drug-likeness (QED) is 0.748. The Morgan fingerprint density at radius 1 is 1.26 bits per heavy atom. The van der Waals surface area contributed by atoms with E-state index < -0.39 is 17.4 Å². The Morgan fingerprint density at radius 2 is 1.89 bits per heavy atom. The maximum Gasteiger partial charge on any atom is 0.347 e. The highest BCUT2D eigenvalue weighted by Gasteiger charge is 2.37. The summed E-state index contributed by atoms with van der Waals surface area (Å²) in [4.78, 5) is 11.6. The number of rotatable bonds is 8. The summed E-state index contributed by atoms with van der Waals surface area (Å²) in [5, 5.41) is 18.2. The molecule has 7 heteroatoms. The molecular formula is C20H20FNO5. The van der Waals surface area contributed by atoms with Gasteiger partial charge in [0, 0.05) is 13.5 Å². The Hall–Kier alpha value is -3.11. The maximum atomic E-state index is 13.9. The number of nitrogens with zero attached hydrogens (tertiary/aromatic N) is 1. The largest absolute Gasteiger partial charge is 0.478 e. The van der Waals surface area contributed by atoms with E-state index in [1.54, 1.807) is 6.92 Å². The van der Waals surface area contributed by atoms with Gasteiger partial charge in [0.25, 0.3) is 0 Å². The number of hydrogen-bond acceptors (Lipinski definition) is 5. The molecule has 27 heavy (non-hydrogen) atoms. The predicted molar refractivity (Wildman–Crippen MR) is 95.4 cm³/mol. The van der Waals surface area contributed by atoms with Gasteiger partial charge in [-0.1, -0.05) is 0 Å². The first-order valence-electron chi connectivity index (χ1n) is 8.20. The second kappa shape index (κ2) is 8.52. The number of benzene rings is 2. The third-order valence-corrected chi connectivity index (χ3v) is 3.99. The molecule has 0 saturated heterocycles. The molecule has 2 aromatic rings. The Bertz CT molecular complexity index is 846. The molecule has 0 aliphatic heterocycles. The number of carboxylic acid groups (broad SMARTS) is 1. The van der Waals surface area contributed by atoms with Crippen LogP contribution in [-0.2, 0) is 9.53 Å². The van der Waals surface area contributed by atoms with Crippen LogP contribution in [0.15, 0.2) is 42.5 Å². The number of methoxy groups -OCH3 is 1. The lowest BCUT2D eigenvalue weighted by atomic mass is 9.99. The fraction of sp³-hybridized carbons (Fsp3) is 0.300. The van der Waals surface area contributed by atoms with E-state index in [0.717, 1.165) is 6.07 Å². The zero-order chi connectivity index (χ0) is 20.0. The molecule has 0 saturated carbocycles. The van der Waals surface area contributed by atoms with Crippen LogP contribution >= 0.6 is 0 Å². The van der Waals surface area contributed by atoms with Crippen molar-refractivity contribution in [3.05, 3.63) is 53.8 Å². The van der Waals surface area contributed by atoms with Crippen molar-refractivity contribution >= 4 is 5.97 Å². The van der Waals surface area contributed by atoms with E-state index in [2.05, 4.69) is 0 Å². The highest BCUT2D eigenvalue weighted by atomic mass is 19.1. The first-order valence-corrected chi connectivity index (χ1v) is 8.20. The van der Waals surface area contributed by atoms with Crippen LogP contribution in [0.3, 0.4) is 0 Å². The van der Waals surface area contributed by atoms with Gasteiger partial charge in [-0.3, -0.25) is 0 Å². The van der Waals surface area contributed by atoms with Crippen molar-refractivity contribution in [1.29, 1.82) is 5.26 Å². The van der Waals surface area contributed by atoms with Crippen LogP contribution in [0.4, 0.5) is 4.39 Å². The molecule has 6 nitrogen and oxygen atoms in total. The highest BCUT2D eigenvalue weighted by molar-refractivity contribution is 5.77. The summed E-state index contributed by atoms with van der Waals surface area (Å²) in [6, 6.07) is 11.9. The van der Waals surface area contributed by atoms with Crippen molar-refractivity contribution in [2.24, 2.45) is 0 Å². The van der Waals surface area contributed by atoms with Crippen molar-refractivity contribution in [3.8, 4) is 23.3 Å². The fourth-order valence-electron chi connectivity index (χ4n) is 2.42. The molecule has 1 N–H and O–H groups in total. The molecule has 0 aromatic heterocycles. The van der Waals surface area contributed by atoms with Crippen LogP contribution in [0.5, 0.6) is 17.2 Å². The van der Waals surface area contributed by atoms with E-state index in [1.807, 2.05) is 6.07 Å². The first-order chi connectivity index (χ1) is 12.8. The zero-order valence-corrected chi connectivity index (χ0v) is 15.2. The summed E-state index contributed by atoms with van der Waals surface area (Å²) in [7, 11) is 1.50. The minimum atomic E-state index is -1.46. The zero-order valence-electron chi connectivity index (χ0n) is 15.2. The Labute approximate surface area is 156 Å². The van der Waals surface area contributed by atoms with E-state index in [9.17, 15) is 14.3 Å². The van der Waals surface area contributed by atoms with E-state index in [1.165, 1.54) is 50.4 Å². The minimum absolute atomic E-state index is 0.0213. The van der Waals surface area contributed by atoms with Gasteiger partial charge in [0.1, 0.15) is 11.5 Å². The van der Waals surface area contributed by atoms with Gasteiger partial charge in [0.05, 0.1) is 17.7 Å². The average Bonchev–Trinajstić information content (AvgIpc) is 2.64. The van der Waals surface area contributed by atoms with E-state index in [-0.39, 0.29) is 23.8 Å². The fourth-order valence-corrected chi connectivity index (χ4v) is 2.42. The molecule has 142 valence electrons. The Morgan fingerprint density at radius 3 is 2.41 bits per heavy atom. The lowest BCUT2D eigenvalue weighted by Crippen LogP contribution is -2.44. The number of carbonyl (C=O) groups is 1. The molecule has 2 aromatic carbocycles. The second-order valence-corrected chi connectivity index (χ2v) is 6.22. The lowest BCUT2D eigenvalue weighted by molar-refractivity contribution is -0.156. The average molecular weight is 373 g/mol. The van der Waals surface area contributed by atoms with Gasteiger partial charge in [0.2, 0.25) is 5.60 Å². The predicted octanol–water partition coefficient (Wildman–Crippen LogP) is 4.14. The summed E-state index contributed by atoms with van der Waals surface area (Å²) in [6.45, 7) is 3.23. The minimum Gasteiger partial charge on any atom is -0.478 e. The third-order valence-electron chi connectivity index (χ3n) is 3.99. The van der Waals surface area contributed by atoms with Crippen molar-refractivity contribution in [2.75, 3.05) is 7.11 Å². The number of aliphatic carboxylic acids is 1. The SMILES string of the molecule is COC(C)CC(C)(Oc1ccc(Oc2ccc(C#N)cc2F)cc1)C(=O)O. The van der Waals surface area contributed by atoms with Crippen molar-refractivity contribution in [3.63, 3.8) is 0 Å². The van der Waals surface area contributed by atoms with E-state index in [4.69, 9.17) is 19.5 Å². The van der Waals surface area contributed by atoms with E-state index >= 15 is 0 Å². The molecule has 0 heterocycles. The van der Waals surface area contributed by atoms with E-state index in [0.29, 0.717) is 11.5 Å². The Balaban J connectivity index is 2.12. The van der Waals surface area contributed by atoms with Crippen LogP contribution in [0, 0.1) is 17.1 Å². The summed E-state index contributed by atoms with van der Waals surface area (Å²) in [6.07, 6.45) is -0.138. The van der Waals surface area contributed by atoms with Crippen molar-refractivity contribution in [2.45, 2.75) is 32.0 Å². The third kappa shape index (κ3) is 5.19. The molecule has 0 bridgehead atoms. The molecule has 2 rings (SSSR count). The molecule has 0 spiro atoms. The second-order valence-electron chi connectivity index (χ2n) is 6.22. The lowest BCUT2D eigenvalue weighted by Gasteiger charge is -2.28. The standard InChI is InChI=1S/C20H20FNO5/c1-13(25-3)11-20(2,19(23)24)27-16-7-5-15(6-8-16)26-18-9-4-14(12-22)10-17(18)21/h4-10,13H,11H2,1-3H3,(H,23,24). The summed E-state index contributed by atoms with van der Waals surface area (Å²) in [5.74, 6) is -1.11. The summed E-state index contributed by atoms with van der Waals surface area (Å²) >= 11 is 0. The number of hydrogen-bond donors (Lipinski definition) is 1. The van der Waals surface area contributed by atoms with Crippen LogP contribution in [0.2, 0.25) is 0 Å². The van der Waals surface area contributed by atoms with Crippen LogP contribution in [-0.4, -0.2) is 29.9 Å². The molecule has 0 amide bonds. The highest BCUT2D eigenvalue weighted by Crippen LogP contribution is 2.29. The van der Waals surface area contributed by atoms with Crippen LogP contribution < -0.4 is 9.47 Å². The van der Waals surface area contributed by atoms with Gasteiger partial charge in [-0.15, -0.1) is 0 Å². The number of halogens is 1. The van der Waals surface area contributed by atoms with Gasteiger partial charge >= 0.3 is 5.97 Å². The number of carboxylic acids is 1. The molecule has 0 fully saturated rings. The smallest absolute Gasteiger partial charge is 0.347 e. The molecule has 2 atom stereocenters. The van der Waals surface area contributed by atoms with Crippen LogP contribution in [0.1, 0.15) is 25.8 Å². The number of nitriles is 1. The normalized spacial score (nSPS) is 13.9. The van der Waals surface area contributed by atoms with Gasteiger partial charge in [0.15, 0.2) is 11.6 Å². The monoisotopic (exact) mass is 373 g/mol. The molecular weight excluding hydrogens is 353 g/mol. The summed E-state index contributed by atoms with van der Waals surface area (Å²) in [5.41, 5.74) is -1.27.